The lowest BCUT2D eigenvalue weighted by Crippen LogP contribution is -2.40. The molecule has 1 saturated heterocycles. The largest absolute Gasteiger partial charge is 0.317 e. The van der Waals surface area contributed by atoms with Crippen molar-refractivity contribution in [1.82, 2.24) is 10.2 Å². The van der Waals surface area contributed by atoms with Crippen molar-refractivity contribution in [1.29, 1.82) is 0 Å². The molecule has 2 nitrogen and oxygen atoms in total. The minimum Gasteiger partial charge on any atom is -0.317 e. The van der Waals surface area contributed by atoms with Gasteiger partial charge in [-0.2, -0.15) is 0 Å². The van der Waals surface area contributed by atoms with E-state index in [2.05, 4.69) is 56.2 Å². The van der Waals surface area contributed by atoms with Crippen LogP contribution in [0.15, 0.2) is 18.2 Å². The van der Waals surface area contributed by atoms with Crippen molar-refractivity contribution >= 4 is 0 Å². The van der Waals surface area contributed by atoms with E-state index in [-0.39, 0.29) is 0 Å². The summed E-state index contributed by atoms with van der Waals surface area (Å²) in [5.74, 6) is 0.737. The zero-order valence-corrected chi connectivity index (χ0v) is 12.9. The second kappa shape index (κ2) is 6.53. The zero-order valence-electron chi connectivity index (χ0n) is 12.9. The Bertz CT molecular complexity index is 414. The fourth-order valence-corrected chi connectivity index (χ4v) is 3.28. The maximum atomic E-state index is 3.54. The summed E-state index contributed by atoms with van der Waals surface area (Å²) in [6.45, 7) is 10.0. The molecule has 1 aromatic rings. The van der Waals surface area contributed by atoms with Gasteiger partial charge in [0.2, 0.25) is 0 Å². The van der Waals surface area contributed by atoms with Gasteiger partial charge in [0.1, 0.15) is 0 Å². The summed E-state index contributed by atoms with van der Waals surface area (Å²) in [4.78, 5) is 2.54. The van der Waals surface area contributed by atoms with Gasteiger partial charge in [-0.15, -0.1) is 0 Å². The van der Waals surface area contributed by atoms with Gasteiger partial charge in [-0.3, -0.25) is 4.90 Å². The summed E-state index contributed by atoms with van der Waals surface area (Å²) in [7, 11) is 2.28. The molecule has 0 aromatic heterocycles. The molecular formula is C17H28N2. The molecule has 1 N–H and O–H groups in total. The van der Waals surface area contributed by atoms with Crippen molar-refractivity contribution in [2.24, 2.45) is 5.92 Å². The molecule has 19 heavy (non-hydrogen) atoms. The number of rotatable bonds is 4. The molecule has 0 bridgehead atoms. The smallest absolute Gasteiger partial charge is 0.0385 e. The number of nitrogens with one attached hydrogen (secondary N) is 1. The Kier molecular flexibility index (Phi) is 5.00. The number of aryl methyl sites for hydroxylation is 2. The summed E-state index contributed by atoms with van der Waals surface area (Å²) in [6, 6.07) is 7.57. The van der Waals surface area contributed by atoms with Gasteiger partial charge in [-0.25, -0.2) is 0 Å². The first kappa shape index (κ1) is 14.5. The summed E-state index contributed by atoms with van der Waals surface area (Å²) >= 11 is 0. The molecule has 0 spiro atoms. The van der Waals surface area contributed by atoms with E-state index in [1.54, 1.807) is 0 Å². The van der Waals surface area contributed by atoms with Crippen LogP contribution in [-0.4, -0.2) is 31.6 Å². The van der Waals surface area contributed by atoms with E-state index in [0.717, 1.165) is 19.0 Å². The van der Waals surface area contributed by atoms with Crippen molar-refractivity contribution in [2.45, 2.75) is 39.7 Å². The number of benzene rings is 1. The predicted octanol–water partition coefficient (Wildman–Crippen LogP) is 3.30. The van der Waals surface area contributed by atoms with E-state index < -0.39 is 0 Å². The molecule has 0 aliphatic carbocycles. The van der Waals surface area contributed by atoms with Gasteiger partial charge in [0.25, 0.3) is 0 Å². The van der Waals surface area contributed by atoms with E-state index in [9.17, 15) is 0 Å². The highest BCUT2D eigenvalue weighted by Crippen LogP contribution is 2.35. The van der Waals surface area contributed by atoms with Crippen LogP contribution in [0.2, 0.25) is 0 Å². The molecule has 2 rings (SSSR count). The molecule has 1 aromatic carbocycles. The maximum Gasteiger partial charge on any atom is 0.0385 e. The average Bonchev–Trinajstić information content (AvgIpc) is 2.40. The van der Waals surface area contributed by atoms with E-state index in [0.29, 0.717) is 6.04 Å². The minimum absolute atomic E-state index is 0.576. The zero-order chi connectivity index (χ0) is 13.8. The van der Waals surface area contributed by atoms with Gasteiger partial charge in [-0.05, 0) is 76.0 Å². The van der Waals surface area contributed by atoms with Crippen molar-refractivity contribution < 1.29 is 0 Å². The normalized spacial score (nSPS) is 24.6. The van der Waals surface area contributed by atoms with E-state index in [1.807, 2.05) is 0 Å². The SMILES string of the molecule is CCNCC1CCCN(C)C1c1ccc(C)c(C)c1. The lowest BCUT2D eigenvalue weighted by molar-refractivity contribution is 0.120. The monoisotopic (exact) mass is 260 g/mol. The molecule has 1 aliphatic heterocycles. The Morgan fingerprint density at radius 1 is 1.26 bits per heavy atom. The molecular weight excluding hydrogens is 232 g/mol. The molecule has 106 valence electrons. The second-order valence-electron chi connectivity index (χ2n) is 5.98. The third-order valence-electron chi connectivity index (χ3n) is 4.54. The van der Waals surface area contributed by atoms with Crippen LogP contribution in [-0.2, 0) is 0 Å². The van der Waals surface area contributed by atoms with Crippen molar-refractivity contribution in [3.05, 3.63) is 34.9 Å². The van der Waals surface area contributed by atoms with Gasteiger partial charge < -0.3 is 5.32 Å². The van der Waals surface area contributed by atoms with Gasteiger partial charge in [0.15, 0.2) is 0 Å². The van der Waals surface area contributed by atoms with Crippen LogP contribution in [0.3, 0.4) is 0 Å². The number of piperidine rings is 1. The van der Waals surface area contributed by atoms with Crippen LogP contribution in [0.5, 0.6) is 0 Å². The summed E-state index contributed by atoms with van der Waals surface area (Å²) in [5.41, 5.74) is 4.30. The maximum absolute atomic E-state index is 3.54. The van der Waals surface area contributed by atoms with Crippen LogP contribution in [0.25, 0.3) is 0 Å². The fourth-order valence-electron chi connectivity index (χ4n) is 3.28. The molecule has 2 atom stereocenters. The van der Waals surface area contributed by atoms with Crippen molar-refractivity contribution in [3.63, 3.8) is 0 Å². The Morgan fingerprint density at radius 2 is 2.05 bits per heavy atom. The Balaban J connectivity index is 2.22. The molecule has 1 aliphatic rings. The molecule has 0 amide bonds. The third kappa shape index (κ3) is 3.37. The van der Waals surface area contributed by atoms with E-state index in [4.69, 9.17) is 0 Å². The highest BCUT2D eigenvalue weighted by atomic mass is 15.1. The van der Waals surface area contributed by atoms with Crippen LogP contribution in [0.1, 0.15) is 42.5 Å². The van der Waals surface area contributed by atoms with Crippen LogP contribution in [0, 0.1) is 19.8 Å². The molecule has 0 radical (unpaired) electrons. The highest BCUT2D eigenvalue weighted by Gasteiger charge is 2.30. The Hall–Kier alpha value is -0.860. The summed E-state index contributed by atoms with van der Waals surface area (Å²) in [6.07, 6.45) is 2.67. The molecule has 1 heterocycles. The minimum atomic E-state index is 0.576. The number of hydrogen-bond acceptors (Lipinski definition) is 2. The van der Waals surface area contributed by atoms with Gasteiger partial charge in [0.05, 0.1) is 0 Å². The molecule has 2 heteroatoms. The average molecular weight is 260 g/mol. The molecule has 1 fully saturated rings. The van der Waals surface area contributed by atoms with Gasteiger partial charge in [-0.1, -0.05) is 25.1 Å². The van der Waals surface area contributed by atoms with Crippen molar-refractivity contribution in [3.8, 4) is 0 Å². The van der Waals surface area contributed by atoms with E-state index >= 15 is 0 Å². The quantitative estimate of drug-likeness (QED) is 0.893. The standard InChI is InChI=1S/C17H28N2/c1-5-18-12-16-7-6-10-19(4)17(16)15-9-8-13(2)14(3)11-15/h8-9,11,16-18H,5-7,10,12H2,1-4H3. The summed E-state index contributed by atoms with van der Waals surface area (Å²) in [5, 5.41) is 3.54. The second-order valence-corrected chi connectivity index (χ2v) is 5.98. The lowest BCUT2D eigenvalue weighted by Gasteiger charge is -2.40. The Labute approximate surface area is 118 Å². The van der Waals surface area contributed by atoms with Crippen LogP contribution >= 0.6 is 0 Å². The highest BCUT2D eigenvalue weighted by molar-refractivity contribution is 5.32. The lowest BCUT2D eigenvalue weighted by atomic mass is 9.84. The topological polar surface area (TPSA) is 15.3 Å². The first-order chi connectivity index (χ1) is 9.13. The fraction of sp³-hybridized carbons (Fsp3) is 0.647. The first-order valence-electron chi connectivity index (χ1n) is 7.61. The first-order valence-corrected chi connectivity index (χ1v) is 7.61. The number of likely N-dealkylation sites (tertiary alicyclic amines) is 1. The number of nitrogens with zero attached hydrogens (tertiary/aromatic N) is 1. The van der Waals surface area contributed by atoms with Gasteiger partial charge in [0, 0.05) is 6.04 Å². The predicted molar refractivity (Wildman–Crippen MR) is 82.6 cm³/mol. The van der Waals surface area contributed by atoms with Gasteiger partial charge >= 0.3 is 0 Å². The van der Waals surface area contributed by atoms with Crippen LogP contribution in [0.4, 0.5) is 0 Å². The van der Waals surface area contributed by atoms with E-state index in [1.165, 1.54) is 36.1 Å². The summed E-state index contributed by atoms with van der Waals surface area (Å²) < 4.78 is 0. The molecule has 2 unspecified atom stereocenters. The van der Waals surface area contributed by atoms with Crippen molar-refractivity contribution in [2.75, 3.05) is 26.7 Å². The Morgan fingerprint density at radius 3 is 2.74 bits per heavy atom. The van der Waals surface area contributed by atoms with Crippen LogP contribution < -0.4 is 5.32 Å². The third-order valence-corrected chi connectivity index (χ3v) is 4.54. The number of hydrogen-bond donors (Lipinski definition) is 1. The molecule has 0 saturated carbocycles.